The molecule has 2 N–H and O–H groups in total. The molecule has 0 saturated carbocycles. The summed E-state index contributed by atoms with van der Waals surface area (Å²) in [6.45, 7) is 2.18. The van der Waals surface area contributed by atoms with Crippen LogP contribution in [0.4, 0.5) is 0 Å². The number of allylic oxidation sites excluding steroid dienone is 5. The van der Waals surface area contributed by atoms with Crippen LogP contribution in [0.3, 0.4) is 0 Å². The van der Waals surface area contributed by atoms with Gasteiger partial charge in [-0.05, 0) is 61.0 Å². The lowest BCUT2D eigenvalue weighted by Gasteiger charge is -2.27. The average Bonchev–Trinajstić information content (AvgIpc) is 2.66. The SMILES string of the molecule is CC/C=C(\CCSC1CC(OC)=CC(CC(=O)O)C1)C1=CNC(OC)CC1. The van der Waals surface area contributed by atoms with Crippen LogP contribution in [-0.4, -0.2) is 42.5 Å². The molecule has 5 nitrogen and oxygen atoms in total. The van der Waals surface area contributed by atoms with Crippen molar-refractivity contribution in [1.82, 2.24) is 5.32 Å². The highest BCUT2D eigenvalue weighted by Gasteiger charge is 2.25. The summed E-state index contributed by atoms with van der Waals surface area (Å²) in [4.78, 5) is 11.1. The minimum Gasteiger partial charge on any atom is -0.501 e. The Morgan fingerprint density at radius 3 is 2.85 bits per heavy atom. The highest BCUT2D eigenvalue weighted by atomic mass is 32.2. The third-order valence-electron chi connectivity index (χ3n) is 5.11. The number of nitrogens with one attached hydrogen (secondary N) is 1. The second-order valence-electron chi connectivity index (χ2n) is 7.11. The highest BCUT2D eigenvalue weighted by Crippen LogP contribution is 2.35. The molecule has 27 heavy (non-hydrogen) atoms. The van der Waals surface area contributed by atoms with Crippen LogP contribution in [0.25, 0.3) is 0 Å². The first kappa shape index (κ1) is 21.9. The second-order valence-corrected chi connectivity index (χ2v) is 8.52. The Morgan fingerprint density at radius 2 is 2.26 bits per heavy atom. The van der Waals surface area contributed by atoms with Crippen molar-refractivity contribution in [2.45, 2.75) is 63.3 Å². The molecular weight excluding hydrogens is 362 g/mol. The summed E-state index contributed by atoms with van der Waals surface area (Å²) in [7, 11) is 3.41. The van der Waals surface area contributed by atoms with Gasteiger partial charge in [-0.25, -0.2) is 0 Å². The van der Waals surface area contributed by atoms with E-state index in [-0.39, 0.29) is 18.6 Å². The zero-order valence-electron chi connectivity index (χ0n) is 16.7. The van der Waals surface area contributed by atoms with E-state index in [2.05, 4.69) is 24.5 Å². The monoisotopic (exact) mass is 395 g/mol. The fourth-order valence-electron chi connectivity index (χ4n) is 3.74. The van der Waals surface area contributed by atoms with Crippen LogP contribution >= 0.6 is 11.8 Å². The largest absolute Gasteiger partial charge is 0.501 e. The first-order valence-corrected chi connectivity index (χ1v) is 10.9. The molecule has 2 rings (SSSR count). The lowest BCUT2D eigenvalue weighted by atomic mass is 9.91. The zero-order valence-corrected chi connectivity index (χ0v) is 17.5. The maximum atomic E-state index is 11.1. The Hall–Kier alpha value is -1.40. The van der Waals surface area contributed by atoms with Crippen molar-refractivity contribution in [1.29, 1.82) is 0 Å². The molecule has 0 fully saturated rings. The van der Waals surface area contributed by atoms with Crippen molar-refractivity contribution in [2.24, 2.45) is 5.92 Å². The van der Waals surface area contributed by atoms with E-state index in [1.165, 1.54) is 11.1 Å². The van der Waals surface area contributed by atoms with E-state index in [1.54, 1.807) is 14.2 Å². The number of rotatable bonds is 10. The van der Waals surface area contributed by atoms with Crippen molar-refractivity contribution in [3.05, 3.63) is 35.3 Å². The van der Waals surface area contributed by atoms with E-state index in [0.29, 0.717) is 5.25 Å². The number of carbonyl (C=O) groups is 1. The van der Waals surface area contributed by atoms with E-state index in [0.717, 1.165) is 50.0 Å². The third-order valence-corrected chi connectivity index (χ3v) is 6.38. The molecule has 0 aromatic carbocycles. The van der Waals surface area contributed by atoms with Gasteiger partial charge in [-0.1, -0.05) is 13.0 Å². The van der Waals surface area contributed by atoms with E-state index >= 15 is 0 Å². The summed E-state index contributed by atoms with van der Waals surface area (Å²) in [5, 5.41) is 12.8. The lowest BCUT2D eigenvalue weighted by molar-refractivity contribution is -0.137. The predicted molar refractivity (Wildman–Crippen MR) is 111 cm³/mol. The fourth-order valence-corrected chi connectivity index (χ4v) is 5.08. The van der Waals surface area contributed by atoms with Crippen LogP contribution in [0, 0.1) is 5.92 Å². The topological polar surface area (TPSA) is 67.8 Å². The number of hydrogen-bond acceptors (Lipinski definition) is 5. The summed E-state index contributed by atoms with van der Waals surface area (Å²) in [5.41, 5.74) is 2.81. The number of carboxylic acid groups (broad SMARTS) is 1. The number of ether oxygens (including phenoxy) is 2. The van der Waals surface area contributed by atoms with Gasteiger partial charge < -0.3 is 19.9 Å². The normalized spacial score (nSPS) is 26.0. The number of carboxylic acids is 1. The zero-order chi connectivity index (χ0) is 19.6. The molecule has 1 aliphatic carbocycles. The van der Waals surface area contributed by atoms with Gasteiger partial charge in [0.2, 0.25) is 0 Å². The first-order valence-electron chi connectivity index (χ1n) is 9.81. The van der Waals surface area contributed by atoms with E-state index in [4.69, 9.17) is 14.6 Å². The summed E-state index contributed by atoms with van der Waals surface area (Å²) in [6.07, 6.45) is 12.7. The molecule has 2 aliphatic rings. The molecule has 3 unspecified atom stereocenters. The fraction of sp³-hybridized carbons (Fsp3) is 0.667. The Labute approximate surface area is 167 Å². The minimum atomic E-state index is -0.739. The van der Waals surface area contributed by atoms with Crippen LogP contribution in [-0.2, 0) is 14.3 Å². The maximum Gasteiger partial charge on any atom is 0.303 e. The van der Waals surface area contributed by atoms with Crippen molar-refractivity contribution in [3.63, 3.8) is 0 Å². The summed E-state index contributed by atoms with van der Waals surface area (Å²) in [6, 6.07) is 0. The van der Waals surface area contributed by atoms with E-state index < -0.39 is 5.97 Å². The maximum absolute atomic E-state index is 11.1. The van der Waals surface area contributed by atoms with Gasteiger partial charge in [-0.15, -0.1) is 0 Å². The highest BCUT2D eigenvalue weighted by molar-refractivity contribution is 7.99. The van der Waals surface area contributed by atoms with Crippen molar-refractivity contribution in [3.8, 4) is 0 Å². The quantitative estimate of drug-likeness (QED) is 0.569. The second kappa shape index (κ2) is 11.4. The molecule has 0 amide bonds. The van der Waals surface area contributed by atoms with Gasteiger partial charge in [-0.3, -0.25) is 4.79 Å². The van der Waals surface area contributed by atoms with Crippen molar-refractivity contribution < 1.29 is 19.4 Å². The number of thioether (sulfide) groups is 1. The Morgan fingerprint density at radius 1 is 1.44 bits per heavy atom. The van der Waals surface area contributed by atoms with Gasteiger partial charge in [0.25, 0.3) is 0 Å². The van der Waals surface area contributed by atoms with E-state index in [1.807, 2.05) is 17.8 Å². The molecule has 0 aromatic heterocycles. The van der Waals surface area contributed by atoms with Gasteiger partial charge in [0.1, 0.15) is 6.23 Å². The molecule has 6 heteroatoms. The van der Waals surface area contributed by atoms with Crippen LogP contribution in [0.5, 0.6) is 0 Å². The summed E-state index contributed by atoms with van der Waals surface area (Å²) in [5.74, 6) is 1.31. The molecule has 0 radical (unpaired) electrons. The Kier molecular flexibility index (Phi) is 9.28. The molecule has 0 saturated heterocycles. The van der Waals surface area contributed by atoms with Gasteiger partial charge >= 0.3 is 5.97 Å². The van der Waals surface area contributed by atoms with Crippen LogP contribution in [0.15, 0.2) is 35.3 Å². The smallest absolute Gasteiger partial charge is 0.303 e. The number of aliphatic carboxylic acids is 1. The molecule has 152 valence electrons. The lowest BCUT2D eigenvalue weighted by Crippen LogP contribution is -2.30. The Balaban J connectivity index is 1.87. The molecule has 1 heterocycles. The number of hydrogen-bond donors (Lipinski definition) is 2. The number of methoxy groups -OCH3 is 2. The summed E-state index contributed by atoms with van der Waals surface area (Å²) >= 11 is 1.94. The first-order chi connectivity index (χ1) is 13.0. The Bertz CT molecular complexity index is 585. The van der Waals surface area contributed by atoms with Crippen LogP contribution in [0.2, 0.25) is 0 Å². The van der Waals surface area contributed by atoms with Crippen LogP contribution in [0.1, 0.15) is 51.9 Å². The predicted octanol–water partition coefficient (Wildman–Crippen LogP) is 4.47. The molecule has 1 aliphatic heterocycles. The minimum absolute atomic E-state index is 0.0746. The third kappa shape index (κ3) is 7.26. The van der Waals surface area contributed by atoms with Crippen molar-refractivity contribution in [2.75, 3.05) is 20.0 Å². The van der Waals surface area contributed by atoms with Gasteiger partial charge in [-0.2, -0.15) is 11.8 Å². The molecule has 0 spiro atoms. The van der Waals surface area contributed by atoms with Gasteiger partial charge in [0, 0.05) is 25.0 Å². The molecule has 0 bridgehead atoms. The van der Waals surface area contributed by atoms with Gasteiger partial charge in [0.15, 0.2) is 0 Å². The summed E-state index contributed by atoms with van der Waals surface area (Å²) < 4.78 is 10.8. The average molecular weight is 396 g/mol. The molecule has 3 atom stereocenters. The van der Waals surface area contributed by atoms with Gasteiger partial charge in [0.05, 0.1) is 19.3 Å². The van der Waals surface area contributed by atoms with Crippen molar-refractivity contribution >= 4 is 17.7 Å². The molecule has 0 aromatic rings. The van der Waals surface area contributed by atoms with Crippen LogP contribution < -0.4 is 5.32 Å². The molecular formula is C21H33NO4S. The van der Waals surface area contributed by atoms with E-state index in [9.17, 15) is 4.79 Å². The standard InChI is InChI=1S/C21H33NO4S/c1-4-5-16(17-6-7-20(26-3)22-14-17)8-9-27-19-11-15(12-21(23)24)10-18(13-19)25-2/h5,10,14-15,19-20,22H,4,6-9,11-13H2,1-3H3,(H,23,24)/b16-5+.